The average molecular weight is 300 g/mol. The standard InChI is InChI=1S/C20H32N2/c21-19-13-3-9-1-11(7-13)17(15(19)5-9)18-12-2-10-4-14(8-12)20(22)16(18)6-10/h9-20H,1-8,21-22H2. The molecule has 8 saturated carbocycles. The Labute approximate surface area is 134 Å². The van der Waals surface area contributed by atoms with E-state index < -0.39 is 0 Å². The molecule has 0 aliphatic heterocycles. The lowest BCUT2D eigenvalue weighted by molar-refractivity contribution is -0.150. The van der Waals surface area contributed by atoms with E-state index in [1.807, 2.05) is 0 Å². The van der Waals surface area contributed by atoms with E-state index in [0.717, 1.165) is 59.2 Å². The summed E-state index contributed by atoms with van der Waals surface area (Å²) in [6, 6.07) is 1.07. The molecule has 0 aromatic heterocycles. The zero-order valence-electron chi connectivity index (χ0n) is 13.7. The van der Waals surface area contributed by atoms with Crippen molar-refractivity contribution in [2.24, 2.45) is 70.6 Å². The highest BCUT2D eigenvalue weighted by Crippen LogP contribution is 2.65. The van der Waals surface area contributed by atoms with Gasteiger partial charge in [-0.2, -0.15) is 0 Å². The van der Waals surface area contributed by atoms with Gasteiger partial charge < -0.3 is 11.5 Å². The van der Waals surface area contributed by atoms with Crippen molar-refractivity contribution in [3.8, 4) is 0 Å². The van der Waals surface area contributed by atoms with Crippen LogP contribution in [0.3, 0.4) is 0 Å². The van der Waals surface area contributed by atoms with Gasteiger partial charge in [0.15, 0.2) is 0 Å². The van der Waals surface area contributed by atoms with Gasteiger partial charge in [0.25, 0.3) is 0 Å². The summed E-state index contributed by atoms with van der Waals surface area (Å²) < 4.78 is 0. The molecule has 0 saturated heterocycles. The molecule has 0 aromatic carbocycles. The molecule has 8 aliphatic carbocycles. The lowest BCUT2D eigenvalue weighted by Gasteiger charge is -2.66. The summed E-state index contributed by atoms with van der Waals surface area (Å²) in [5.74, 6) is 9.54. The van der Waals surface area contributed by atoms with Crippen LogP contribution in [0.1, 0.15) is 51.4 Å². The highest BCUT2D eigenvalue weighted by atomic mass is 14.8. The first-order valence-electron chi connectivity index (χ1n) is 10.2. The van der Waals surface area contributed by atoms with Crippen LogP contribution in [0.5, 0.6) is 0 Å². The Morgan fingerprint density at radius 3 is 1.32 bits per heavy atom. The number of hydrogen-bond donors (Lipinski definition) is 2. The normalized spacial score (nSPS) is 67.9. The van der Waals surface area contributed by atoms with Gasteiger partial charge in [0.1, 0.15) is 0 Å². The molecule has 12 unspecified atom stereocenters. The maximum atomic E-state index is 6.75. The van der Waals surface area contributed by atoms with E-state index >= 15 is 0 Å². The van der Waals surface area contributed by atoms with Crippen LogP contribution in [0.25, 0.3) is 0 Å². The molecule has 122 valence electrons. The van der Waals surface area contributed by atoms with E-state index in [9.17, 15) is 0 Å². The van der Waals surface area contributed by atoms with E-state index in [2.05, 4.69) is 0 Å². The van der Waals surface area contributed by atoms with E-state index in [-0.39, 0.29) is 0 Å². The summed E-state index contributed by atoms with van der Waals surface area (Å²) >= 11 is 0. The Morgan fingerprint density at radius 1 is 0.455 bits per heavy atom. The zero-order valence-corrected chi connectivity index (χ0v) is 13.7. The molecule has 2 nitrogen and oxygen atoms in total. The number of nitrogens with two attached hydrogens (primary N) is 2. The summed E-state index contributed by atoms with van der Waals surface area (Å²) in [7, 11) is 0. The Morgan fingerprint density at radius 2 is 0.864 bits per heavy atom. The van der Waals surface area contributed by atoms with Crippen LogP contribution in [-0.2, 0) is 0 Å². The molecule has 0 radical (unpaired) electrons. The highest BCUT2D eigenvalue weighted by Gasteiger charge is 2.61. The van der Waals surface area contributed by atoms with Crippen LogP contribution in [0.2, 0.25) is 0 Å². The fourth-order valence-electron chi connectivity index (χ4n) is 9.22. The first kappa shape index (κ1) is 13.2. The molecule has 4 N–H and O–H groups in total. The Balaban J connectivity index is 1.37. The van der Waals surface area contributed by atoms with Gasteiger partial charge >= 0.3 is 0 Å². The maximum absolute atomic E-state index is 6.75. The lowest BCUT2D eigenvalue weighted by atomic mass is 9.40. The lowest BCUT2D eigenvalue weighted by Crippen LogP contribution is -2.64. The van der Waals surface area contributed by atoms with Crippen LogP contribution in [0.15, 0.2) is 0 Å². The number of hydrogen-bond acceptors (Lipinski definition) is 2. The monoisotopic (exact) mass is 300 g/mol. The second kappa shape index (κ2) is 4.30. The number of fused-ring (bicyclic) bond motifs is 1. The van der Waals surface area contributed by atoms with E-state index in [1.54, 1.807) is 12.8 Å². The minimum Gasteiger partial charge on any atom is -0.327 e. The molecular formula is C20H32N2. The molecule has 2 heteroatoms. The molecule has 8 rings (SSSR count). The van der Waals surface area contributed by atoms with Gasteiger partial charge in [-0.15, -0.1) is 0 Å². The SMILES string of the molecule is NC1C2CC3CC(C2)C(C2C4CC5CC(C4)C(N)C2C5)C1C3. The predicted molar refractivity (Wildman–Crippen MR) is 87.8 cm³/mol. The smallest absolute Gasteiger partial charge is 0.00987 e. The van der Waals surface area contributed by atoms with Gasteiger partial charge in [0, 0.05) is 12.1 Å². The van der Waals surface area contributed by atoms with Crippen LogP contribution >= 0.6 is 0 Å². The van der Waals surface area contributed by atoms with Crippen molar-refractivity contribution < 1.29 is 0 Å². The molecule has 0 heterocycles. The molecule has 0 amide bonds. The fourth-order valence-corrected chi connectivity index (χ4v) is 9.22. The average Bonchev–Trinajstić information content (AvgIpc) is 2.50. The minimum absolute atomic E-state index is 0.534. The predicted octanol–water partition coefficient (Wildman–Crippen LogP) is 3.01. The second-order valence-corrected chi connectivity index (χ2v) is 10.3. The summed E-state index contributed by atoms with van der Waals surface area (Å²) in [4.78, 5) is 0. The Kier molecular flexibility index (Phi) is 2.59. The zero-order chi connectivity index (χ0) is 14.6. The third-order valence-electron chi connectivity index (χ3n) is 9.57. The molecule has 8 fully saturated rings. The molecule has 8 bridgehead atoms. The van der Waals surface area contributed by atoms with Gasteiger partial charge in [-0.25, -0.2) is 0 Å². The van der Waals surface area contributed by atoms with Crippen molar-refractivity contribution in [3.05, 3.63) is 0 Å². The largest absolute Gasteiger partial charge is 0.327 e. The quantitative estimate of drug-likeness (QED) is 0.782. The molecule has 22 heavy (non-hydrogen) atoms. The first-order chi connectivity index (χ1) is 10.7. The number of rotatable bonds is 1. The Bertz CT molecular complexity index is 446. The van der Waals surface area contributed by atoms with Crippen LogP contribution < -0.4 is 11.5 Å². The van der Waals surface area contributed by atoms with Crippen molar-refractivity contribution >= 4 is 0 Å². The highest BCUT2D eigenvalue weighted by molar-refractivity contribution is 5.12. The molecule has 0 aromatic rings. The van der Waals surface area contributed by atoms with Gasteiger partial charge in [-0.3, -0.25) is 0 Å². The second-order valence-electron chi connectivity index (χ2n) is 10.3. The van der Waals surface area contributed by atoms with Gasteiger partial charge in [-0.05, 0) is 111 Å². The topological polar surface area (TPSA) is 52.0 Å². The third-order valence-corrected chi connectivity index (χ3v) is 9.57. The van der Waals surface area contributed by atoms with Gasteiger partial charge in [-0.1, -0.05) is 0 Å². The van der Waals surface area contributed by atoms with Crippen LogP contribution in [0, 0.1) is 59.2 Å². The Hall–Kier alpha value is -0.0800. The van der Waals surface area contributed by atoms with Gasteiger partial charge in [0.2, 0.25) is 0 Å². The van der Waals surface area contributed by atoms with Crippen molar-refractivity contribution in [1.82, 2.24) is 0 Å². The third kappa shape index (κ3) is 1.55. The molecule has 12 atom stereocenters. The van der Waals surface area contributed by atoms with Crippen molar-refractivity contribution in [3.63, 3.8) is 0 Å². The molecular weight excluding hydrogens is 268 g/mol. The molecule has 8 aliphatic rings. The van der Waals surface area contributed by atoms with Crippen LogP contribution in [-0.4, -0.2) is 12.1 Å². The van der Waals surface area contributed by atoms with Crippen molar-refractivity contribution in [2.45, 2.75) is 63.5 Å². The van der Waals surface area contributed by atoms with E-state index in [4.69, 9.17) is 11.5 Å². The molecule has 0 spiro atoms. The van der Waals surface area contributed by atoms with Gasteiger partial charge in [0.05, 0.1) is 0 Å². The van der Waals surface area contributed by atoms with Crippen LogP contribution in [0.4, 0.5) is 0 Å². The van der Waals surface area contributed by atoms with Crippen molar-refractivity contribution in [1.29, 1.82) is 0 Å². The fraction of sp³-hybridized carbons (Fsp3) is 1.00. The first-order valence-corrected chi connectivity index (χ1v) is 10.2. The van der Waals surface area contributed by atoms with E-state index in [1.165, 1.54) is 38.5 Å². The summed E-state index contributed by atoms with van der Waals surface area (Å²) in [5.41, 5.74) is 13.5. The summed E-state index contributed by atoms with van der Waals surface area (Å²) in [6.07, 6.45) is 11.9. The minimum atomic E-state index is 0.534. The van der Waals surface area contributed by atoms with Crippen molar-refractivity contribution in [2.75, 3.05) is 0 Å². The summed E-state index contributed by atoms with van der Waals surface area (Å²) in [5, 5.41) is 0. The maximum Gasteiger partial charge on any atom is 0.00987 e. The van der Waals surface area contributed by atoms with E-state index in [0.29, 0.717) is 12.1 Å². The summed E-state index contributed by atoms with van der Waals surface area (Å²) in [6.45, 7) is 0.